The van der Waals surface area contributed by atoms with Gasteiger partial charge in [0.2, 0.25) is 11.8 Å². The highest BCUT2D eigenvalue weighted by Gasteiger charge is 2.34. The van der Waals surface area contributed by atoms with E-state index in [9.17, 15) is 14.7 Å². The van der Waals surface area contributed by atoms with Crippen LogP contribution in [0.3, 0.4) is 0 Å². The normalized spacial score (nSPS) is 13.7. The zero-order valence-electron chi connectivity index (χ0n) is 14.8. The van der Waals surface area contributed by atoms with E-state index in [1.165, 1.54) is 57.8 Å². The second kappa shape index (κ2) is 13.3. The van der Waals surface area contributed by atoms with Crippen molar-refractivity contribution in [2.45, 2.75) is 102 Å². The molecule has 0 heterocycles. The van der Waals surface area contributed by atoms with Gasteiger partial charge in [0.15, 0.2) is 5.60 Å². The summed E-state index contributed by atoms with van der Waals surface area (Å²) in [6.07, 6.45) is 14.3. The highest BCUT2D eigenvalue weighted by Crippen LogP contribution is 2.20. The van der Waals surface area contributed by atoms with Crippen molar-refractivity contribution in [1.29, 1.82) is 0 Å². The summed E-state index contributed by atoms with van der Waals surface area (Å²) in [4.78, 5) is 22.1. The first-order chi connectivity index (χ1) is 10.9. The molecule has 0 aliphatic rings. The molecule has 0 aliphatic carbocycles. The molecular weight excluding hydrogens is 292 g/mol. The maximum atomic E-state index is 11.3. The Bertz CT molecular complexity index is 334. The van der Waals surface area contributed by atoms with E-state index < -0.39 is 17.4 Å². The smallest absolute Gasteiger partial charge is 0.249 e. The van der Waals surface area contributed by atoms with E-state index in [1.807, 2.05) is 0 Å². The zero-order valence-corrected chi connectivity index (χ0v) is 14.8. The number of primary amides is 2. The summed E-state index contributed by atoms with van der Waals surface area (Å²) in [5, 5.41) is 10.0. The summed E-state index contributed by atoms with van der Waals surface area (Å²) < 4.78 is 0. The summed E-state index contributed by atoms with van der Waals surface area (Å²) in [6.45, 7) is 2.23. The van der Waals surface area contributed by atoms with E-state index in [2.05, 4.69) is 6.92 Å². The molecule has 5 N–H and O–H groups in total. The van der Waals surface area contributed by atoms with Gasteiger partial charge < -0.3 is 16.6 Å². The molecule has 0 aromatic carbocycles. The third-order valence-electron chi connectivity index (χ3n) is 4.37. The summed E-state index contributed by atoms with van der Waals surface area (Å²) in [6, 6.07) is 0. The number of amides is 2. The van der Waals surface area contributed by atoms with Gasteiger partial charge in [-0.1, -0.05) is 84.0 Å². The van der Waals surface area contributed by atoms with Gasteiger partial charge in [-0.15, -0.1) is 0 Å². The summed E-state index contributed by atoms with van der Waals surface area (Å²) in [5.41, 5.74) is 8.43. The van der Waals surface area contributed by atoms with Gasteiger partial charge in [-0.3, -0.25) is 9.59 Å². The van der Waals surface area contributed by atoms with Crippen molar-refractivity contribution in [2.24, 2.45) is 11.5 Å². The molecule has 0 radical (unpaired) electrons. The quantitative estimate of drug-likeness (QED) is 0.379. The lowest BCUT2D eigenvalue weighted by atomic mass is 9.91. The molecule has 136 valence electrons. The van der Waals surface area contributed by atoms with E-state index in [1.54, 1.807) is 0 Å². The average Bonchev–Trinajstić information content (AvgIpc) is 2.47. The lowest BCUT2D eigenvalue weighted by Gasteiger charge is -2.22. The Balaban J connectivity index is 3.54. The van der Waals surface area contributed by atoms with Crippen LogP contribution < -0.4 is 11.5 Å². The lowest BCUT2D eigenvalue weighted by molar-refractivity contribution is -0.142. The minimum Gasteiger partial charge on any atom is -0.379 e. The molecule has 0 spiro atoms. The van der Waals surface area contributed by atoms with E-state index >= 15 is 0 Å². The Morgan fingerprint density at radius 1 is 0.783 bits per heavy atom. The van der Waals surface area contributed by atoms with Crippen molar-refractivity contribution in [2.75, 3.05) is 0 Å². The Morgan fingerprint density at radius 2 is 1.17 bits per heavy atom. The van der Waals surface area contributed by atoms with Gasteiger partial charge in [-0.2, -0.15) is 0 Å². The molecule has 0 aliphatic heterocycles. The van der Waals surface area contributed by atoms with Crippen LogP contribution in [-0.2, 0) is 9.59 Å². The van der Waals surface area contributed by atoms with E-state index in [-0.39, 0.29) is 12.8 Å². The van der Waals surface area contributed by atoms with E-state index in [0.29, 0.717) is 6.42 Å². The van der Waals surface area contributed by atoms with Crippen molar-refractivity contribution in [1.82, 2.24) is 0 Å². The summed E-state index contributed by atoms with van der Waals surface area (Å²) in [7, 11) is 0. The number of nitrogens with two attached hydrogens (primary N) is 2. The monoisotopic (exact) mass is 328 g/mol. The Hall–Kier alpha value is -1.10. The first-order valence-electron chi connectivity index (χ1n) is 9.23. The SMILES string of the molecule is CCCCCCCCCCCCCCC(O)(CC(N)=O)C(N)=O. The number of hydrogen-bond donors (Lipinski definition) is 3. The Morgan fingerprint density at radius 3 is 1.52 bits per heavy atom. The maximum Gasteiger partial charge on any atom is 0.249 e. The number of carbonyl (C=O) groups is 2. The van der Waals surface area contributed by atoms with Gasteiger partial charge in [0, 0.05) is 0 Å². The van der Waals surface area contributed by atoms with Gasteiger partial charge in [0.1, 0.15) is 0 Å². The fourth-order valence-electron chi connectivity index (χ4n) is 2.85. The Labute approximate surface area is 141 Å². The number of unbranched alkanes of at least 4 members (excludes halogenated alkanes) is 11. The average molecular weight is 328 g/mol. The molecule has 2 amide bonds. The predicted octanol–water partition coefficient (Wildman–Crippen LogP) is 3.17. The van der Waals surface area contributed by atoms with Crippen LogP contribution in [0.2, 0.25) is 0 Å². The fraction of sp³-hybridized carbons (Fsp3) is 0.889. The molecule has 0 fully saturated rings. The summed E-state index contributed by atoms with van der Waals surface area (Å²) in [5.74, 6) is -1.57. The molecule has 5 nitrogen and oxygen atoms in total. The van der Waals surface area contributed by atoms with Gasteiger partial charge in [0.05, 0.1) is 6.42 Å². The maximum absolute atomic E-state index is 11.3. The minimum atomic E-state index is -1.77. The highest BCUT2D eigenvalue weighted by molar-refractivity contribution is 5.89. The molecular formula is C18H36N2O3. The van der Waals surface area contributed by atoms with Crippen LogP contribution >= 0.6 is 0 Å². The van der Waals surface area contributed by atoms with E-state index in [4.69, 9.17) is 11.5 Å². The van der Waals surface area contributed by atoms with Gasteiger partial charge in [-0.05, 0) is 6.42 Å². The number of hydrogen-bond acceptors (Lipinski definition) is 3. The molecule has 0 saturated carbocycles. The molecule has 0 bridgehead atoms. The first-order valence-corrected chi connectivity index (χ1v) is 9.23. The van der Waals surface area contributed by atoms with Gasteiger partial charge >= 0.3 is 0 Å². The summed E-state index contributed by atoms with van der Waals surface area (Å²) >= 11 is 0. The molecule has 1 atom stereocenters. The van der Waals surface area contributed by atoms with Gasteiger partial charge in [0.25, 0.3) is 0 Å². The van der Waals surface area contributed by atoms with Gasteiger partial charge in [-0.25, -0.2) is 0 Å². The highest BCUT2D eigenvalue weighted by atomic mass is 16.3. The topological polar surface area (TPSA) is 106 Å². The fourth-order valence-corrected chi connectivity index (χ4v) is 2.85. The van der Waals surface area contributed by atoms with Crippen molar-refractivity contribution in [3.05, 3.63) is 0 Å². The third-order valence-corrected chi connectivity index (χ3v) is 4.37. The standard InChI is InChI=1S/C18H36N2O3/c1-2-3-4-5-6-7-8-9-10-11-12-13-14-18(23,17(20)22)15-16(19)21/h23H,2-15H2,1H3,(H2,19,21)(H2,20,22). The van der Waals surface area contributed by atoms with Crippen LogP contribution in [0.1, 0.15) is 96.8 Å². The number of aliphatic hydroxyl groups is 1. The molecule has 0 rings (SSSR count). The second-order valence-electron chi connectivity index (χ2n) is 6.68. The van der Waals surface area contributed by atoms with Crippen LogP contribution in [0.4, 0.5) is 0 Å². The molecule has 5 heteroatoms. The molecule has 0 aromatic rings. The largest absolute Gasteiger partial charge is 0.379 e. The lowest BCUT2D eigenvalue weighted by Crippen LogP contribution is -2.46. The van der Waals surface area contributed by atoms with Crippen molar-refractivity contribution >= 4 is 11.8 Å². The van der Waals surface area contributed by atoms with Crippen LogP contribution in [0, 0.1) is 0 Å². The van der Waals surface area contributed by atoms with Crippen molar-refractivity contribution in [3.8, 4) is 0 Å². The molecule has 0 aromatic heterocycles. The van der Waals surface area contributed by atoms with Crippen molar-refractivity contribution < 1.29 is 14.7 Å². The number of rotatable bonds is 16. The van der Waals surface area contributed by atoms with Crippen LogP contribution in [0.15, 0.2) is 0 Å². The molecule has 23 heavy (non-hydrogen) atoms. The van der Waals surface area contributed by atoms with Crippen molar-refractivity contribution in [3.63, 3.8) is 0 Å². The minimum absolute atomic E-state index is 0.211. The molecule has 1 unspecified atom stereocenters. The van der Waals surface area contributed by atoms with Crippen LogP contribution in [0.5, 0.6) is 0 Å². The molecule has 0 saturated heterocycles. The Kier molecular flexibility index (Phi) is 12.7. The predicted molar refractivity (Wildman–Crippen MR) is 93.7 cm³/mol. The second-order valence-corrected chi connectivity index (χ2v) is 6.68. The zero-order chi connectivity index (χ0) is 17.6. The number of carbonyl (C=O) groups excluding carboxylic acids is 2. The van der Waals surface area contributed by atoms with Crippen LogP contribution in [0.25, 0.3) is 0 Å². The first kappa shape index (κ1) is 21.9. The third kappa shape index (κ3) is 12.0. The van der Waals surface area contributed by atoms with E-state index in [0.717, 1.165) is 12.8 Å². The van der Waals surface area contributed by atoms with Crippen LogP contribution in [-0.4, -0.2) is 22.5 Å².